The summed E-state index contributed by atoms with van der Waals surface area (Å²) in [6.45, 7) is 0.974. The minimum absolute atomic E-state index is 0.0729. The van der Waals surface area contributed by atoms with Gasteiger partial charge in [-0.3, -0.25) is 9.59 Å². The third-order valence-electron chi connectivity index (χ3n) is 2.25. The van der Waals surface area contributed by atoms with Crippen LogP contribution in [0.1, 0.15) is 6.92 Å². The van der Waals surface area contributed by atoms with Crippen LogP contribution in [0, 0.1) is 17.6 Å². The lowest BCUT2D eigenvalue weighted by atomic mass is 10.2. The lowest BCUT2D eigenvalue weighted by Crippen LogP contribution is -2.35. The first-order valence-corrected chi connectivity index (χ1v) is 5.47. The van der Waals surface area contributed by atoms with Gasteiger partial charge in [-0.05, 0) is 12.1 Å². The van der Waals surface area contributed by atoms with Gasteiger partial charge in [0.25, 0.3) is 0 Å². The normalized spacial score (nSPS) is 11.7. The molecular formula is C12H13F2NO4. The van der Waals surface area contributed by atoms with Crippen molar-refractivity contribution >= 4 is 11.9 Å². The van der Waals surface area contributed by atoms with Crippen LogP contribution in [0.25, 0.3) is 0 Å². The van der Waals surface area contributed by atoms with E-state index >= 15 is 0 Å². The fourth-order valence-corrected chi connectivity index (χ4v) is 1.20. The first-order chi connectivity index (χ1) is 8.90. The summed E-state index contributed by atoms with van der Waals surface area (Å²) in [5.41, 5.74) is 0. The third kappa shape index (κ3) is 4.90. The summed E-state index contributed by atoms with van der Waals surface area (Å²) >= 11 is 0. The molecule has 0 saturated heterocycles. The minimum Gasteiger partial charge on any atom is -0.493 e. The van der Waals surface area contributed by atoms with E-state index in [4.69, 9.17) is 9.84 Å². The number of aliphatic carboxylic acids is 1. The Balaban J connectivity index is 2.44. The van der Waals surface area contributed by atoms with Gasteiger partial charge in [-0.1, -0.05) is 6.92 Å². The average Bonchev–Trinajstić information content (AvgIpc) is 2.36. The number of amides is 1. The first-order valence-electron chi connectivity index (χ1n) is 5.47. The summed E-state index contributed by atoms with van der Waals surface area (Å²) in [5.74, 6) is -4.20. The van der Waals surface area contributed by atoms with Crippen molar-refractivity contribution in [3.63, 3.8) is 0 Å². The molecule has 0 heterocycles. The Morgan fingerprint density at radius 1 is 1.37 bits per heavy atom. The number of carboxylic acid groups (broad SMARTS) is 1. The van der Waals surface area contributed by atoms with Gasteiger partial charge in [-0.2, -0.15) is 0 Å². The zero-order valence-electron chi connectivity index (χ0n) is 10.2. The zero-order chi connectivity index (χ0) is 14.4. The van der Waals surface area contributed by atoms with Crippen LogP contribution in [-0.2, 0) is 9.59 Å². The standard InChI is InChI=1S/C12H13F2NO4/c1-7(12(18)15-5-11(16)17)6-19-8-2-3-9(13)10(14)4-8/h2-4,7H,5-6H2,1H3,(H,15,18)(H,16,17). The van der Waals surface area contributed by atoms with E-state index in [9.17, 15) is 18.4 Å². The van der Waals surface area contributed by atoms with Gasteiger partial charge in [-0.25, -0.2) is 8.78 Å². The number of hydrogen-bond donors (Lipinski definition) is 2. The van der Waals surface area contributed by atoms with Crippen LogP contribution in [0.4, 0.5) is 8.78 Å². The van der Waals surface area contributed by atoms with Gasteiger partial charge >= 0.3 is 5.97 Å². The molecule has 0 saturated carbocycles. The molecule has 7 heteroatoms. The van der Waals surface area contributed by atoms with Crippen LogP contribution in [0.15, 0.2) is 18.2 Å². The number of hydrogen-bond acceptors (Lipinski definition) is 3. The number of halogens is 2. The number of rotatable bonds is 6. The Hall–Kier alpha value is -2.18. The molecule has 1 aromatic rings. The van der Waals surface area contributed by atoms with Crippen LogP contribution in [0.2, 0.25) is 0 Å². The van der Waals surface area contributed by atoms with Gasteiger partial charge < -0.3 is 15.2 Å². The highest BCUT2D eigenvalue weighted by Gasteiger charge is 2.14. The van der Waals surface area contributed by atoms with Gasteiger partial charge in [0.05, 0.1) is 12.5 Å². The molecule has 1 atom stereocenters. The number of carbonyl (C=O) groups excluding carboxylic acids is 1. The fraction of sp³-hybridized carbons (Fsp3) is 0.333. The lowest BCUT2D eigenvalue weighted by Gasteiger charge is -2.12. The Bertz CT molecular complexity index is 479. The Labute approximate surface area is 108 Å². The molecule has 0 aromatic heterocycles. The molecule has 2 N–H and O–H groups in total. The van der Waals surface area contributed by atoms with Gasteiger partial charge in [0.2, 0.25) is 5.91 Å². The second kappa shape index (κ2) is 6.67. The molecule has 0 radical (unpaired) electrons. The van der Waals surface area contributed by atoms with Crippen molar-refractivity contribution in [3.8, 4) is 5.75 Å². The predicted octanol–water partition coefficient (Wildman–Crippen LogP) is 1.18. The zero-order valence-corrected chi connectivity index (χ0v) is 10.2. The fourth-order valence-electron chi connectivity index (χ4n) is 1.20. The third-order valence-corrected chi connectivity index (χ3v) is 2.25. The molecule has 0 aliphatic heterocycles. The van der Waals surface area contributed by atoms with E-state index in [-0.39, 0.29) is 12.4 Å². The second-order valence-electron chi connectivity index (χ2n) is 3.90. The van der Waals surface area contributed by atoms with Crippen molar-refractivity contribution in [1.82, 2.24) is 5.32 Å². The summed E-state index contributed by atoms with van der Waals surface area (Å²) in [6.07, 6.45) is 0. The van der Waals surface area contributed by atoms with E-state index in [1.165, 1.54) is 13.0 Å². The van der Waals surface area contributed by atoms with Gasteiger partial charge in [0.1, 0.15) is 12.3 Å². The van der Waals surface area contributed by atoms with E-state index in [2.05, 4.69) is 5.32 Å². The second-order valence-corrected chi connectivity index (χ2v) is 3.90. The molecule has 104 valence electrons. The molecule has 0 bridgehead atoms. The smallest absolute Gasteiger partial charge is 0.322 e. The van der Waals surface area contributed by atoms with Crippen molar-refractivity contribution in [1.29, 1.82) is 0 Å². The largest absolute Gasteiger partial charge is 0.493 e. The molecule has 0 spiro atoms. The number of carbonyl (C=O) groups is 2. The molecule has 1 aromatic carbocycles. The molecule has 5 nitrogen and oxygen atoms in total. The Morgan fingerprint density at radius 2 is 2.05 bits per heavy atom. The SMILES string of the molecule is CC(COc1ccc(F)c(F)c1)C(=O)NCC(=O)O. The van der Waals surface area contributed by atoms with Gasteiger partial charge in [0, 0.05) is 6.07 Å². The van der Waals surface area contributed by atoms with Crippen LogP contribution in [-0.4, -0.2) is 30.1 Å². The van der Waals surface area contributed by atoms with Gasteiger partial charge in [-0.15, -0.1) is 0 Å². The highest BCUT2D eigenvalue weighted by atomic mass is 19.2. The molecule has 0 aliphatic carbocycles. The highest BCUT2D eigenvalue weighted by molar-refractivity contribution is 5.82. The van der Waals surface area contributed by atoms with Crippen molar-refractivity contribution in [3.05, 3.63) is 29.8 Å². The topological polar surface area (TPSA) is 75.6 Å². The Kier molecular flexibility index (Phi) is 5.23. The maximum Gasteiger partial charge on any atom is 0.322 e. The number of ether oxygens (including phenoxy) is 1. The van der Waals surface area contributed by atoms with E-state index in [1.807, 2.05) is 0 Å². The van der Waals surface area contributed by atoms with Crippen LogP contribution >= 0.6 is 0 Å². The molecule has 1 amide bonds. The van der Waals surface area contributed by atoms with Crippen molar-refractivity contribution in [2.24, 2.45) is 5.92 Å². The molecule has 19 heavy (non-hydrogen) atoms. The summed E-state index contributed by atoms with van der Waals surface area (Å²) in [4.78, 5) is 21.7. The molecule has 1 unspecified atom stereocenters. The van der Waals surface area contributed by atoms with E-state index in [0.717, 1.165) is 12.1 Å². The summed E-state index contributed by atoms with van der Waals surface area (Å²) in [5, 5.41) is 10.6. The number of nitrogens with one attached hydrogen (secondary N) is 1. The predicted molar refractivity (Wildman–Crippen MR) is 61.7 cm³/mol. The minimum atomic E-state index is -1.15. The molecule has 0 fully saturated rings. The average molecular weight is 273 g/mol. The lowest BCUT2D eigenvalue weighted by molar-refractivity contribution is -0.138. The molecular weight excluding hydrogens is 260 g/mol. The monoisotopic (exact) mass is 273 g/mol. The van der Waals surface area contributed by atoms with Crippen LogP contribution < -0.4 is 10.1 Å². The number of carboxylic acids is 1. The van der Waals surface area contributed by atoms with E-state index in [1.54, 1.807) is 0 Å². The molecule has 1 rings (SSSR count). The summed E-state index contributed by atoms with van der Waals surface area (Å²) in [6, 6.07) is 3.03. The maximum atomic E-state index is 12.9. The van der Waals surface area contributed by atoms with Gasteiger partial charge in [0.15, 0.2) is 11.6 Å². The summed E-state index contributed by atoms with van der Waals surface area (Å²) < 4.78 is 30.6. The highest BCUT2D eigenvalue weighted by Crippen LogP contribution is 2.16. The molecule has 0 aliphatic rings. The van der Waals surface area contributed by atoms with Crippen LogP contribution in [0.3, 0.4) is 0 Å². The van der Waals surface area contributed by atoms with Crippen LogP contribution in [0.5, 0.6) is 5.75 Å². The number of benzene rings is 1. The first kappa shape index (κ1) is 14.9. The van der Waals surface area contributed by atoms with Crippen molar-refractivity contribution in [2.45, 2.75) is 6.92 Å². The quantitative estimate of drug-likeness (QED) is 0.816. The summed E-state index contributed by atoms with van der Waals surface area (Å²) in [7, 11) is 0. The Morgan fingerprint density at radius 3 is 2.63 bits per heavy atom. The van der Waals surface area contributed by atoms with E-state index < -0.39 is 36.0 Å². The van der Waals surface area contributed by atoms with Crippen molar-refractivity contribution in [2.75, 3.05) is 13.2 Å². The van der Waals surface area contributed by atoms with E-state index in [0.29, 0.717) is 0 Å². The maximum absolute atomic E-state index is 12.9. The van der Waals surface area contributed by atoms with Crippen molar-refractivity contribution < 1.29 is 28.2 Å².